The van der Waals surface area contributed by atoms with Crippen LogP contribution in [0.3, 0.4) is 0 Å². The lowest BCUT2D eigenvalue weighted by Crippen LogP contribution is -2.41. The Morgan fingerprint density at radius 2 is 2.04 bits per heavy atom. The van der Waals surface area contributed by atoms with Gasteiger partial charge in [-0.3, -0.25) is 9.59 Å². The largest absolute Gasteiger partial charge is 0.496 e. The Morgan fingerprint density at radius 3 is 2.81 bits per heavy atom. The summed E-state index contributed by atoms with van der Waals surface area (Å²) >= 11 is 0. The monoisotopic (exact) mass is 354 g/mol. The van der Waals surface area contributed by atoms with Crippen molar-refractivity contribution in [2.45, 2.75) is 26.0 Å². The van der Waals surface area contributed by atoms with Gasteiger partial charge in [0.05, 0.1) is 19.2 Å². The van der Waals surface area contributed by atoms with E-state index in [2.05, 4.69) is 5.32 Å². The average molecular weight is 354 g/mol. The van der Waals surface area contributed by atoms with Gasteiger partial charge in [-0.05, 0) is 25.1 Å². The maximum atomic E-state index is 12.6. The van der Waals surface area contributed by atoms with Gasteiger partial charge in [0.15, 0.2) is 6.10 Å². The SMILES string of the molecule is COc1ccc(C)cc1CN(C)C(=O)C[C@@H]1Oc2ccccc2NC1=O. The Morgan fingerprint density at radius 1 is 1.27 bits per heavy atom. The number of anilines is 1. The highest BCUT2D eigenvalue weighted by Crippen LogP contribution is 2.30. The number of para-hydroxylation sites is 2. The topological polar surface area (TPSA) is 67.9 Å². The zero-order valence-electron chi connectivity index (χ0n) is 15.1. The summed E-state index contributed by atoms with van der Waals surface area (Å²) in [4.78, 5) is 26.4. The number of amides is 2. The molecule has 0 spiro atoms. The molecule has 1 N–H and O–H groups in total. The number of methoxy groups -OCH3 is 1. The standard InChI is InChI=1S/C20H22N2O4/c1-13-8-9-16(25-3)14(10-13)12-22(2)19(23)11-18-20(24)21-15-6-4-5-7-17(15)26-18/h4-10,18H,11-12H2,1-3H3,(H,21,24)/t18-/m0/s1. The van der Waals surface area contributed by atoms with Crippen molar-refractivity contribution < 1.29 is 19.1 Å². The molecule has 6 nitrogen and oxygen atoms in total. The number of carbonyl (C=O) groups is 2. The molecule has 0 unspecified atom stereocenters. The van der Waals surface area contributed by atoms with E-state index in [0.717, 1.165) is 16.9 Å². The minimum atomic E-state index is -0.834. The average Bonchev–Trinajstić information content (AvgIpc) is 2.62. The van der Waals surface area contributed by atoms with Crippen LogP contribution >= 0.6 is 0 Å². The summed E-state index contributed by atoms with van der Waals surface area (Å²) in [7, 11) is 3.31. The lowest BCUT2D eigenvalue weighted by Gasteiger charge is -2.27. The predicted molar refractivity (Wildman–Crippen MR) is 98.3 cm³/mol. The Bertz CT molecular complexity index is 834. The van der Waals surface area contributed by atoms with Crippen LogP contribution in [-0.2, 0) is 16.1 Å². The first-order chi connectivity index (χ1) is 12.5. The molecule has 1 atom stereocenters. The van der Waals surface area contributed by atoms with Crippen LogP contribution in [-0.4, -0.2) is 37.0 Å². The summed E-state index contributed by atoms with van der Waals surface area (Å²) in [5.41, 5.74) is 2.63. The zero-order chi connectivity index (χ0) is 18.7. The molecule has 0 saturated heterocycles. The highest BCUT2D eigenvalue weighted by Gasteiger charge is 2.30. The molecular weight excluding hydrogens is 332 g/mol. The molecule has 136 valence electrons. The predicted octanol–water partition coefficient (Wildman–Crippen LogP) is 2.75. The van der Waals surface area contributed by atoms with E-state index in [9.17, 15) is 9.59 Å². The number of fused-ring (bicyclic) bond motifs is 1. The first kappa shape index (κ1) is 17.8. The molecule has 2 aromatic carbocycles. The number of aryl methyl sites for hydroxylation is 1. The molecule has 0 aliphatic carbocycles. The molecule has 6 heteroatoms. The number of hydrogen-bond acceptors (Lipinski definition) is 4. The second-order valence-corrected chi connectivity index (χ2v) is 6.36. The van der Waals surface area contributed by atoms with Crippen LogP contribution < -0.4 is 14.8 Å². The lowest BCUT2D eigenvalue weighted by atomic mass is 10.1. The quantitative estimate of drug-likeness (QED) is 0.896. The van der Waals surface area contributed by atoms with E-state index in [4.69, 9.17) is 9.47 Å². The lowest BCUT2D eigenvalue weighted by molar-refractivity contribution is -0.136. The van der Waals surface area contributed by atoms with Gasteiger partial charge < -0.3 is 19.7 Å². The van der Waals surface area contributed by atoms with Gasteiger partial charge in [-0.15, -0.1) is 0 Å². The number of nitrogens with zero attached hydrogens (tertiary/aromatic N) is 1. The van der Waals surface area contributed by atoms with Gasteiger partial charge in [-0.1, -0.05) is 29.8 Å². The van der Waals surface area contributed by atoms with Crippen molar-refractivity contribution in [3.63, 3.8) is 0 Å². The normalized spacial score (nSPS) is 15.5. The molecule has 0 saturated carbocycles. The summed E-state index contributed by atoms with van der Waals surface area (Å²) in [6.45, 7) is 2.39. The molecule has 26 heavy (non-hydrogen) atoms. The first-order valence-corrected chi connectivity index (χ1v) is 8.42. The Hall–Kier alpha value is -3.02. The third-order valence-corrected chi connectivity index (χ3v) is 4.34. The molecule has 0 radical (unpaired) electrons. The van der Waals surface area contributed by atoms with Crippen molar-refractivity contribution in [1.82, 2.24) is 4.90 Å². The number of rotatable bonds is 5. The van der Waals surface area contributed by atoms with Crippen LogP contribution in [0, 0.1) is 6.92 Å². The molecule has 1 aliphatic heterocycles. The zero-order valence-corrected chi connectivity index (χ0v) is 15.1. The van der Waals surface area contributed by atoms with Gasteiger partial charge in [0.25, 0.3) is 5.91 Å². The number of ether oxygens (including phenoxy) is 2. The van der Waals surface area contributed by atoms with E-state index < -0.39 is 6.10 Å². The minimum absolute atomic E-state index is 0.0230. The van der Waals surface area contributed by atoms with Crippen molar-refractivity contribution >= 4 is 17.5 Å². The Labute approximate surface area is 152 Å². The molecular formula is C20H22N2O4. The van der Waals surface area contributed by atoms with Crippen LogP contribution in [0.25, 0.3) is 0 Å². The van der Waals surface area contributed by atoms with Crippen molar-refractivity contribution in [2.24, 2.45) is 0 Å². The number of carbonyl (C=O) groups excluding carboxylic acids is 2. The van der Waals surface area contributed by atoms with E-state index in [1.54, 1.807) is 31.2 Å². The second kappa shape index (κ2) is 7.47. The second-order valence-electron chi connectivity index (χ2n) is 6.36. The van der Waals surface area contributed by atoms with Crippen LogP contribution in [0.1, 0.15) is 17.5 Å². The summed E-state index contributed by atoms with van der Waals surface area (Å²) in [6.07, 6.45) is -0.857. The summed E-state index contributed by atoms with van der Waals surface area (Å²) < 4.78 is 11.1. The molecule has 1 aliphatic rings. The van der Waals surface area contributed by atoms with E-state index in [0.29, 0.717) is 18.0 Å². The van der Waals surface area contributed by atoms with Gasteiger partial charge in [-0.2, -0.15) is 0 Å². The summed E-state index contributed by atoms with van der Waals surface area (Å²) in [5, 5.41) is 2.77. The van der Waals surface area contributed by atoms with Gasteiger partial charge in [0.2, 0.25) is 5.91 Å². The maximum Gasteiger partial charge on any atom is 0.266 e. The molecule has 2 amide bonds. The highest BCUT2D eigenvalue weighted by molar-refractivity contribution is 5.99. The van der Waals surface area contributed by atoms with Crippen LogP contribution in [0.4, 0.5) is 5.69 Å². The van der Waals surface area contributed by atoms with E-state index in [1.807, 2.05) is 37.3 Å². The van der Waals surface area contributed by atoms with Crippen molar-refractivity contribution in [3.8, 4) is 11.5 Å². The van der Waals surface area contributed by atoms with Crippen LogP contribution in [0.15, 0.2) is 42.5 Å². The van der Waals surface area contributed by atoms with Gasteiger partial charge >= 0.3 is 0 Å². The molecule has 0 aromatic heterocycles. The summed E-state index contributed by atoms with van der Waals surface area (Å²) in [6, 6.07) is 13.0. The van der Waals surface area contributed by atoms with E-state index in [1.165, 1.54) is 0 Å². The fourth-order valence-corrected chi connectivity index (χ4v) is 2.92. The van der Waals surface area contributed by atoms with Crippen molar-refractivity contribution in [3.05, 3.63) is 53.6 Å². The molecule has 2 aromatic rings. The molecule has 0 bridgehead atoms. The van der Waals surface area contributed by atoms with Crippen molar-refractivity contribution in [2.75, 3.05) is 19.5 Å². The Balaban J connectivity index is 1.67. The number of nitrogens with one attached hydrogen (secondary N) is 1. The van der Waals surface area contributed by atoms with Crippen LogP contribution in [0.2, 0.25) is 0 Å². The highest BCUT2D eigenvalue weighted by atomic mass is 16.5. The smallest absolute Gasteiger partial charge is 0.266 e. The van der Waals surface area contributed by atoms with Gasteiger partial charge in [0.1, 0.15) is 11.5 Å². The summed E-state index contributed by atoms with van der Waals surface area (Å²) in [5.74, 6) is 0.829. The number of hydrogen-bond donors (Lipinski definition) is 1. The van der Waals surface area contributed by atoms with Gasteiger partial charge in [0, 0.05) is 19.2 Å². The fourth-order valence-electron chi connectivity index (χ4n) is 2.92. The van der Waals surface area contributed by atoms with Gasteiger partial charge in [-0.25, -0.2) is 0 Å². The third kappa shape index (κ3) is 3.79. The third-order valence-electron chi connectivity index (χ3n) is 4.34. The molecule has 3 rings (SSSR count). The Kier molecular flexibility index (Phi) is 5.11. The van der Waals surface area contributed by atoms with Crippen LogP contribution in [0.5, 0.6) is 11.5 Å². The maximum absolute atomic E-state index is 12.6. The van der Waals surface area contributed by atoms with E-state index >= 15 is 0 Å². The first-order valence-electron chi connectivity index (χ1n) is 8.42. The molecule has 1 heterocycles. The minimum Gasteiger partial charge on any atom is -0.496 e. The van der Waals surface area contributed by atoms with E-state index in [-0.39, 0.29) is 18.2 Å². The fraction of sp³-hybridized carbons (Fsp3) is 0.300. The number of benzene rings is 2. The van der Waals surface area contributed by atoms with Crippen molar-refractivity contribution in [1.29, 1.82) is 0 Å². The molecule has 0 fully saturated rings.